The van der Waals surface area contributed by atoms with Crippen LogP contribution in [0.3, 0.4) is 0 Å². The molecule has 0 aromatic carbocycles. The Balaban J connectivity index is 1.52. The van der Waals surface area contributed by atoms with Gasteiger partial charge >= 0.3 is 5.16 Å². The Kier molecular flexibility index (Phi) is 8.27. The summed E-state index contributed by atoms with van der Waals surface area (Å²) in [6.07, 6.45) is 0. The van der Waals surface area contributed by atoms with Crippen LogP contribution in [0, 0.1) is 0 Å². The largest absolute Gasteiger partial charge is 0.543 e. The Labute approximate surface area is 229 Å². The smallest absolute Gasteiger partial charge is 0.301 e. The van der Waals surface area contributed by atoms with Crippen molar-refractivity contribution in [3.8, 4) is 0 Å². The van der Waals surface area contributed by atoms with Crippen LogP contribution in [0.2, 0.25) is 0 Å². The molecule has 38 heavy (non-hydrogen) atoms. The molecule has 2 aliphatic rings. The predicted molar refractivity (Wildman–Crippen MR) is 141 cm³/mol. The van der Waals surface area contributed by atoms with Crippen LogP contribution < -0.4 is 32.2 Å². The van der Waals surface area contributed by atoms with E-state index in [4.69, 9.17) is 22.0 Å². The van der Waals surface area contributed by atoms with E-state index in [1.165, 1.54) is 23.5 Å². The van der Waals surface area contributed by atoms with E-state index in [0.717, 1.165) is 16.2 Å². The number of nitrogen functional groups attached to an aromatic ring is 3. The standard InChI is InChI=1S/C21H25N9O5S3/c1-3-29-12(23)5-11(22)26-21(29)38-7-9-6-36-18-14(17(32)30(18)15(9)19(33)34)27-16(31)13(28-35-4-2)10-8-37-20(24)25-10/h5,8,14,18H,3-4,6-7H2,1-2H3,(H7,22,23,24,25,27,31,33,34)/b28-13-/t14?,18-/m1/s1. The first-order valence-electron chi connectivity index (χ1n) is 11.3. The molecule has 2 amide bonds. The van der Waals surface area contributed by atoms with E-state index < -0.39 is 29.2 Å². The van der Waals surface area contributed by atoms with Gasteiger partial charge in [-0.15, -0.1) is 23.1 Å². The third kappa shape index (κ3) is 5.34. The van der Waals surface area contributed by atoms with Crippen LogP contribution in [0.25, 0.3) is 0 Å². The van der Waals surface area contributed by atoms with Gasteiger partial charge in [0.1, 0.15) is 23.7 Å². The van der Waals surface area contributed by atoms with E-state index in [-0.39, 0.29) is 40.4 Å². The van der Waals surface area contributed by atoms with Crippen molar-refractivity contribution in [1.82, 2.24) is 20.2 Å². The molecule has 2 atom stereocenters. The van der Waals surface area contributed by atoms with Crippen molar-refractivity contribution in [2.75, 3.05) is 35.3 Å². The summed E-state index contributed by atoms with van der Waals surface area (Å²) in [6.45, 7) is 4.34. The number of carboxylic acid groups (broad SMARTS) is 1. The van der Waals surface area contributed by atoms with Crippen molar-refractivity contribution in [3.63, 3.8) is 0 Å². The molecule has 7 N–H and O–H groups in total. The van der Waals surface area contributed by atoms with Gasteiger partial charge in [-0.1, -0.05) is 10.1 Å². The lowest BCUT2D eigenvalue weighted by Gasteiger charge is -2.50. The molecule has 17 heteroatoms. The Morgan fingerprint density at radius 2 is 2.11 bits per heavy atom. The van der Waals surface area contributed by atoms with Gasteiger partial charge in [-0.3, -0.25) is 14.5 Å². The van der Waals surface area contributed by atoms with Crippen LogP contribution in [-0.4, -0.2) is 67.9 Å². The molecule has 1 unspecified atom stereocenters. The number of hydrogen-bond donors (Lipinski definition) is 4. The summed E-state index contributed by atoms with van der Waals surface area (Å²) in [4.78, 5) is 52.7. The number of fused-ring (bicyclic) bond motifs is 1. The summed E-state index contributed by atoms with van der Waals surface area (Å²) in [5, 5.41) is 20.2. The minimum atomic E-state index is -1.48. The molecule has 4 rings (SSSR count). The second-order valence-corrected chi connectivity index (χ2v) is 10.9. The highest BCUT2D eigenvalue weighted by molar-refractivity contribution is 8.01. The number of nitrogens with zero attached hydrogens (tertiary/aromatic N) is 5. The lowest BCUT2D eigenvalue weighted by Crippen LogP contribution is -2.71. The summed E-state index contributed by atoms with van der Waals surface area (Å²) in [5.74, 6) is -1.58. The molecule has 2 aliphatic heterocycles. The van der Waals surface area contributed by atoms with Crippen molar-refractivity contribution >= 4 is 75.1 Å². The summed E-state index contributed by atoms with van der Waals surface area (Å²) in [6, 6.07) is 0.568. The average Bonchev–Trinajstić information content (AvgIpc) is 3.30. The fraction of sp³-hybridized carbons (Fsp3) is 0.381. The van der Waals surface area contributed by atoms with Gasteiger partial charge in [-0.2, -0.15) is 0 Å². The zero-order valence-corrected chi connectivity index (χ0v) is 22.8. The number of aromatic nitrogens is 3. The lowest BCUT2D eigenvalue weighted by molar-refractivity contribution is -0.719. The van der Waals surface area contributed by atoms with Crippen LogP contribution in [0.5, 0.6) is 0 Å². The first-order valence-corrected chi connectivity index (χ1v) is 14.3. The van der Waals surface area contributed by atoms with Gasteiger partial charge in [0.05, 0.1) is 24.3 Å². The quantitative estimate of drug-likeness (QED) is 0.0633. The fourth-order valence-electron chi connectivity index (χ4n) is 3.85. The number of thioether (sulfide) groups is 2. The van der Waals surface area contributed by atoms with Crippen LogP contribution in [0.15, 0.2) is 33.0 Å². The Bertz CT molecular complexity index is 1350. The van der Waals surface area contributed by atoms with E-state index in [0.29, 0.717) is 28.8 Å². The molecular formula is C21H25N9O5S3. The van der Waals surface area contributed by atoms with Gasteiger partial charge in [-0.05, 0) is 31.2 Å². The topological polar surface area (TPSA) is 219 Å². The van der Waals surface area contributed by atoms with Crippen molar-refractivity contribution < 1.29 is 28.9 Å². The van der Waals surface area contributed by atoms with E-state index in [9.17, 15) is 19.5 Å². The number of nitrogens with one attached hydrogen (secondary N) is 1. The molecule has 0 aliphatic carbocycles. The Morgan fingerprint density at radius 3 is 2.74 bits per heavy atom. The third-order valence-corrected chi connectivity index (χ3v) is 8.62. The lowest BCUT2D eigenvalue weighted by atomic mass is 10.0. The van der Waals surface area contributed by atoms with Crippen molar-refractivity contribution in [2.24, 2.45) is 5.16 Å². The van der Waals surface area contributed by atoms with Crippen LogP contribution in [0.4, 0.5) is 16.8 Å². The van der Waals surface area contributed by atoms with E-state index in [1.807, 2.05) is 6.92 Å². The van der Waals surface area contributed by atoms with E-state index in [1.54, 1.807) is 22.9 Å². The number of amides is 2. The van der Waals surface area contributed by atoms with E-state index in [2.05, 4.69) is 20.4 Å². The number of thiazole rings is 1. The molecule has 0 radical (unpaired) electrons. The predicted octanol–water partition coefficient (Wildman–Crippen LogP) is -1.47. The number of rotatable bonds is 10. The monoisotopic (exact) mass is 579 g/mol. The molecule has 2 aromatic heterocycles. The Hall–Kier alpha value is -3.57. The molecule has 202 valence electrons. The molecule has 0 spiro atoms. The summed E-state index contributed by atoms with van der Waals surface area (Å²) in [7, 11) is 0. The van der Waals surface area contributed by atoms with Gasteiger partial charge < -0.3 is 37.3 Å². The third-order valence-electron chi connectivity index (χ3n) is 5.55. The van der Waals surface area contributed by atoms with Gasteiger partial charge in [0.15, 0.2) is 10.8 Å². The summed E-state index contributed by atoms with van der Waals surface area (Å²) >= 11 is 3.70. The molecule has 1 fully saturated rings. The van der Waals surface area contributed by atoms with Crippen LogP contribution in [-0.2, 0) is 25.8 Å². The highest BCUT2D eigenvalue weighted by atomic mass is 32.2. The molecule has 4 heterocycles. The number of carbonyl (C=O) groups excluding carboxylic acids is 3. The normalized spacial score (nSPS) is 19.2. The SMILES string of the molecule is CCO/N=C(\C(=O)NC1C(=O)N2C(C(=O)[O-])=C(CSc3nc(N)cc(N)[n+]3CC)CS[C@H]12)c1csc(N)n1. The number of nitrogens with two attached hydrogens (primary N) is 3. The first kappa shape index (κ1) is 27.5. The Morgan fingerprint density at radius 1 is 1.34 bits per heavy atom. The number of anilines is 3. The first-order chi connectivity index (χ1) is 18.2. The van der Waals surface area contributed by atoms with Crippen LogP contribution in [0.1, 0.15) is 19.5 Å². The van der Waals surface area contributed by atoms with Crippen molar-refractivity contribution in [1.29, 1.82) is 0 Å². The maximum absolute atomic E-state index is 13.0. The van der Waals surface area contributed by atoms with E-state index >= 15 is 0 Å². The number of carboxylic acids is 1. The number of hydrogen-bond acceptors (Lipinski definition) is 14. The second-order valence-electron chi connectivity index (χ2n) is 7.95. The minimum absolute atomic E-state index is 0.141. The summed E-state index contributed by atoms with van der Waals surface area (Å²) < 4.78 is 1.75. The minimum Gasteiger partial charge on any atom is -0.543 e. The highest BCUT2D eigenvalue weighted by Crippen LogP contribution is 2.41. The summed E-state index contributed by atoms with van der Waals surface area (Å²) in [5.41, 5.74) is 17.8. The number of aliphatic carboxylic acids is 1. The molecule has 0 bridgehead atoms. The second kappa shape index (κ2) is 11.4. The maximum Gasteiger partial charge on any atom is 0.301 e. The number of carbonyl (C=O) groups is 3. The van der Waals surface area contributed by atoms with Crippen molar-refractivity contribution in [3.05, 3.63) is 28.4 Å². The zero-order valence-electron chi connectivity index (χ0n) is 20.4. The molecular weight excluding hydrogens is 554 g/mol. The van der Waals surface area contributed by atoms with Gasteiger partial charge in [0.2, 0.25) is 11.6 Å². The maximum atomic E-state index is 13.0. The highest BCUT2D eigenvalue weighted by Gasteiger charge is 2.53. The molecule has 14 nitrogen and oxygen atoms in total. The van der Waals surface area contributed by atoms with Gasteiger partial charge in [-0.25, -0.2) is 9.55 Å². The van der Waals surface area contributed by atoms with Crippen molar-refractivity contribution in [2.45, 2.75) is 37.0 Å². The number of β-lactam (4-membered cyclic amide) rings is 1. The van der Waals surface area contributed by atoms with Crippen LogP contribution >= 0.6 is 34.9 Å². The average molecular weight is 580 g/mol. The molecule has 1 saturated heterocycles. The molecule has 0 saturated carbocycles. The van der Waals surface area contributed by atoms with Gasteiger partial charge in [0.25, 0.3) is 11.8 Å². The van der Waals surface area contributed by atoms with Gasteiger partial charge in [0, 0.05) is 16.9 Å². The zero-order chi connectivity index (χ0) is 27.6. The fourth-order valence-corrected chi connectivity index (χ4v) is 6.97. The molecule has 2 aromatic rings. The number of oxime groups is 1.